The van der Waals surface area contributed by atoms with Crippen LogP contribution in [0.15, 0.2) is 0 Å². The van der Waals surface area contributed by atoms with E-state index in [1.54, 1.807) is 21.3 Å². The second-order valence-electron chi connectivity index (χ2n) is 7.17. The van der Waals surface area contributed by atoms with Crippen LogP contribution in [0.1, 0.15) is 6.42 Å². The molecule has 0 amide bonds. The van der Waals surface area contributed by atoms with Crippen LogP contribution < -0.4 is 0 Å². The van der Waals surface area contributed by atoms with Crippen LogP contribution in [0.2, 0.25) is 37.8 Å². The van der Waals surface area contributed by atoms with Crippen molar-refractivity contribution in [2.45, 2.75) is 50.3 Å². The Morgan fingerprint density at radius 2 is 1.61 bits per heavy atom. The van der Waals surface area contributed by atoms with E-state index in [1.807, 2.05) is 0 Å². The van der Waals surface area contributed by atoms with Crippen LogP contribution in [0, 0.1) is 0 Å². The Kier molecular flexibility index (Phi) is 10.7. The van der Waals surface area contributed by atoms with E-state index in [2.05, 4.69) is 19.6 Å². The molecule has 3 unspecified atom stereocenters. The molecular weight excluding hydrogens is 453 g/mol. The van der Waals surface area contributed by atoms with Crippen LogP contribution in [0.5, 0.6) is 0 Å². The number of epoxide rings is 1. The molecule has 3 atom stereocenters. The van der Waals surface area contributed by atoms with E-state index in [0.717, 1.165) is 25.1 Å². The van der Waals surface area contributed by atoms with E-state index in [9.17, 15) is 0 Å². The summed E-state index contributed by atoms with van der Waals surface area (Å²) in [5.41, 5.74) is 0. The standard InChI is InChI=1S/C14H36O9Si5/c1-15-28(16-2,17-3)11-9-26-20-24(4)22-27(6,23-25(5)21-26)10-7-8-18-12-14-13-19-14/h14,24-26H,7-13H2,1-6H3. The van der Waals surface area contributed by atoms with Gasteiger partial charge in [-0.05, 0) is 38.2 Å². The van der Waals surface area contributed by atoms with Gasteiger partial charge < -0.3 is 39.2 Å². The fourth-order valence-electron chi connectivity index (χ4n) is 3.22. The number of hydrogen-bond donors (Lipinski definition) is 0. The highest BCUT2D eigenvalue weighted by Gasteiger charge is 2.43. The minimum atomic E-state index is -2.62. The molecule has 0 saturated carbocycles. The summed E-state index contributed by atoms with van der Waals surface area (Å²) >= 11 is 0. The molecule has 0 aliphatic carbocycles. The van der Waals surface area contributed by atoms with E-state index in [4.69, 9.17) is 39.2 Å². The summed E-state index contributed by atoms with van der Waals surface area (Å²) < 4.78 is 52.7. The molecule has 0 bridgehead atoms. The van der Waals surface area contributed by atoms with Crippen molar-refractivity contribution in [3.8, 4) is 0 Å². The van der Waals surface area contributed by atoms with Gasteiger partial charge in [0.05, 0.1) is 13.2 Å². The fourth-order valence-corrected chi connectivity index (χ4v) is 21.5. The molecule has 0 aromatic heterocycles. The molecule has 2 fully saturated rings. The normalized spacial score (nSPS) is 34.1. The number of rotatable bonds is 12. The van der Waals surface area contributed by atoms with Crippen LogP contribution in [0.25, 0.3) is 0 Å². The lowest BCUT2D eigenvalue weighted by Crippen LogP contribution is -2.54. The highest BCUT2D eigenvalue weighted by Crippen LogP contribution is 2.25. The van der Waals surface area contributed by atoms with Gasteiger partial charge in [-0.1, -0.05) is 0 Å². The van der Waals surface area contributed by atoms with Crippen molar-refractivity contribution in [2.75, 3.05) is 41.2 Å². The Labute approximate surface area is 176 Å². The quantitative estimate of drug-likeness (QED) is 0.224. The second-order valence-corrected chi connectivity index (χ2v) is 20.8. The zero-order chi connectivity index (χ0) is 20.6. The van der Waals surface area contributed by atoms with Gasteiger partial charge >= 0.3 is 26.6 Å². The van der Waals surface area contributed by atoms with Gasteiger partial charge in [0.15, 0.2) is 0 Å². The van der Waals surface area contributed by atoms with Gasteiger partial charge in [0, 0.05) is 34.0 Å². The van der Waals surface area contributed by atoms with Gasteiger partial charge in [-0.15, -0.1) is 0 Å². The summed E-state index contributed by atoms with van der Waals surface area (Å²) in [7, 11) is -5.61. The number of ether oxygens (including phenoxy) is 2. The van der Waals surface area contributed by atoms with E-state index >= 15 is 0 Å². The van der Waals surface area contributed by atoms with Crippen molar-refractivity contribution in [1.82, 2.24) is 0 Å². The van der Waals surface area contributed by atoms with Gasteiger partial charge in [-0.2, -0.15) is 0 Å². The third kappa shape index (κ3) is 8.46. The first-order valence-electron chi connectivity index (χ1n) is 9.85. The van der Waals surface area contributed by atoms with Crippen molar-refractivity contribution >= 4 is 45.2 Å². The lowest BCUT2D eigenvalue weighted by atomic mass is 10.5. The summed E-state index contributed by atoms with van der Waals surface area (Å²) in [6.45, 7) is 8.46. The molecule has 2 heterocycles. The first kappa shape index (κ1) is 25.0. The summed E-state index contributed by atoms with van der Waals surface area (Å²) in [6, 6.07) is 2.32. The molecule has 0 spiro atoms. The topological polar surface area (TPSA) is 86.4 Å². The Morgan fingerprint density at radius 3 is 2.11 bits per heavy atom. The van der Waals surface area contributed by atoms with Crippen molar-refractivity contribution in [2.24, 2.45) is 0 Å². The van der Waals surface area contributed by atoms with Crippen LogP contribution in [-0.2, 0) is 39.2 Å². The predicted molar refractivity (Wildman–Crippen MR) is 116 cm³/mol. The molecule has 2 aliphatic heterocycles. The maximum absolute atomic E-state index is 6.39. The highest BCUT2D eigenvalue weighted by molar-refractivity contribution is 6.81. The van der Waals surface area contributed by atoms with Gasteiger partial charge in [-0.3, -0.25) is 0 Å². The smallest absolute Gasteiger partial charge is 0.420 e. The highest BCUT2D eigenvalue weighted by atomic mass is 28.5. The lowest BCUT2D eigenvalue weighted by Gasteiger charge is -2.38. The summed E-state index contributed by atoms with van der Waals surface area (Å²) in [6.07, 6.45) is 1.23. The largest absolute Gasteiger partial charge is 0.500 e. The number of hydrogen-bond acceptors (Lipinski definition) is 9. The second kappa shape index (κ2) is 11.9. The Hall–Kier alpha value is 0.724. The Balaban J connectivity index is 1.80. The maximum Gasteiger partial charge on any atom is 0.500 e. The van der Waals surface area contributed by atoms with Crippen LogP contribution >= 0.6 is 0 Å². The average Bonchev–Trinajstić information content (AvgIpc) is 3.46. The molecule has 166 valence electrons. The molecule has 28 heavy (non-hydrogen) atoms. The maximum atomic E-state index is 6.39. The summed E-state index contributed by atoms with van der Waals surface area (Å²) in [5.74, 6) is 0. The van der Waals surface area contributed by atoms with Crippen molar-refractivity contribution in [3.05, 3.63) is 0 Å². The van der Waals surface area contributed by atoms with E-state index in [1.165, 1.54) is 0 Å². The van der Waals surface area contributed by atoms with Crippen molar-refractivity contribution in [3.63, 3.8) is 0 Å². The molecule has 14 heteroatoms. The minimum Gasteiger partial charge on any atom is -0.420 e. The van der Waals surface area contributed by atoms with Gasteiger partial charge in [-0.25, -0.2) is 0 Å². The first-order valence-corrected chi connectivity index (χ1v) is 20.3. The first-order chi connectivity index (χ1) is 13.3. The molecule has 9 nitrogen and oxygen atoms in total. The molecule has 0 aromatic rings. The SMILES string of the molecule is CO[Si](CC[SiH]1O[SiH](C)O[Si](C)(CCCOCC2CO2)O[SiH](C)O1)(OC)OC. The van der Waals surface area contributed by atoms with E-state index in [-0.39, 0.29) is 0 Å². The van der Waals surface area contributed by atoms with Crippen molar-refractivity contribution < 1.29 is 39.2 Å². The predicted octanol–water partition coefficient (Wildman–Crippen LogP) is 0.743. The molecule has 0 aromatic carbocycles. The third-order valence-electron chi connectivity index (χ3n) is 4.76. The van der Waals surface area contributed by atoms with Crippen LogP contribution in [0.3, 0.4) is 0 Å². The Bertz CT molecular complexity index is 433. The van der Waals surface area contributed by atoms with E-state index in [0.29, 0.717) is 25.4 Å². The monoisotopic (exact) mass is 488 g/mol. The summed E-state index contributed by atoms with van der Waals surface area (Å²) in [5, 5.41) is 0. The third-order valence-corrected chi connectivity index (χ3v) is 22.3. The van der Waals surface area contributed by atoms with Gasteiger partial charge in [0.1, 0.15) is 6.10 Å². The zero-order valence-electron chi connectivity index (χ0n) is 17.9. The van der Waals surface area contributed by atoms with Crippen LogP contribution in [0.4, 0.5) is 0 Å². The molecule has 2 rings (SSSR count). The summed E-state index contributed by atoms with van der Waals surface area (Å²) in [4.78, 5) is 0. The Morgan fingerprint density at radius 1 is 1.04 bits per heavy atom. The molecule has 2 saturated heterocycles. The average molecular weight is 489 g/mol. The van der Waals surface area contributed by atoms with Crippen molar-refractivity contribution in [1.29, 1.82) is 0 Å². The molecule has 2 aliphatic rings. The van der Waals surface area contributed by atoms with E-state index < -0.39 is 45.2 Å². The van der Waals surface area contributed by atoms with Crippen LogP contribution in [-0.4, -0.2) is 92.5 Å². The van der Waals surface area contributed by atoms with Gasteiger partial charge in [0.2, 0.25) is 0 Å². The zero-order valence-corrected chi connectivity index (χ0v) is 23.4. The molecule has 0 radical (unpaired) electrons. The molecular formula is C14H36O9Si5. The lowest BCUT2D eigenvalue weighted by molar-refractivity contribution is 0.115. The van der Waals surface area contributed by atoms with Gasteiger partial charge in [0.25, 0.3) is 18.6 Å². The fraction of sp³-hybridized carbons (Fsp3) is 1.00. The minimum absolute atomic E-state index is 0.307. The molecule has 0 N–H and O–H groups in total.